The topological polar surface area (TPSA) is 103 Å². The lowest BCUT2D eigenvalue weighted by molar-refractivity contribution is -0.140. The third kappa shape index (κ3) is 5.04. The Balaban J connectivity index is 0.00000306. The first-order valence-corrected chi connectivity index (χ1v) is 10.9. The number of hydrogen-bond acceptors (Lipinski definition) is 4. The zero-order valence-electron chi connectivity index (χ0n) is 18.6. The fourth-order valence-electron chi connectivity index (χ4n) is 4.88. The fourth-order valence-corrected chi connectivity index (χ4v) is 4.88. The number of benzene rings is 1. The molecule has 8 nitrogen and oxygen atoms in total. The predicted octanol–water partition coefficient (Wildman–Crippen LogP) is 1.45. The number of guanidine groups is 1. The van der Waals surface area contributed by atoms with Gasteiger partial charge in [0, 0.05) is 38.8 Å². The Kier molecular flexibility index (Phi) is 8.09. The number of nitrogens with one attached hydrogen (secondary N) is 3. The summed E-state index contributed by atoms with van der Waals surface area (Å²) in [6, 6.07) is 4.37. The van der Waals surface area contributed by atoms with E-state index in [-0.39, 0.29) is 70.9 Å². The third-order valence-corrected chi connectivity index (χ3v) is 6.55. The van der Waals surface area contributed by atoms with Crippen molar-refractivity contribution in [1.29, 1.82) is 0 Å². The Morgan fingerprint density at radius 1 is 1.06 bits per heavy atom. The van der Waals surface area contributed by atoms with Crippen LogP contribution >= 0.6 is 24.0 Å². The highest BCUT2D eigenvalue weighted by Gasteiger charge is 2.58. The number of aryl methyl sites for hydroxylation is 1. The van der Waals surface area contributed by atoms with Crippen LogP contribution in [0, 0.1) is 36.4 Å². The van der Waals surface area contributed by atoms with Gasteiger partial charge in [-0.25, -0.2) is 4.39 Å². The van der Waals surface area contributed by atoms with Crippen LogP contribution in [-0.4, -0.2) is 61.8 Å². The number of amides is 3. The second-order valence-corrected chi connectivity index (χ2v) is 8.47. The summed E-state index contributed by atoms with van der Waals surface area (Å²) in [4.78, 5) is 43.0. The number of imide groups is 1. The minimum absolute atomic E-state index is 0. The van der Waals surface area contributed by atoms with Gasteiger partial charge in [-0.15, -0.1) is 24.0 Å². The van der Waals surface area contributed by atoms with E-state index < -0.39 is 5.82 Å². The van der Waals surface area contributed by atoms with Gasteiger partial charge in [0.25, 0.3) is 5.91 Å². The monoisotopic (exact) mass is 569 g/mol. The van der Waals surface area contributed by atoms with Crippen molar-refractivity contribution >= 4 is 47.7 Å². The lowest BCUT2D eigenvalue weighted by Gasteiger charge is -2.18. The van der Waals surface area contributed by atoms with Crippen molar-refractivity contribution in [3.63, 3.8) is 0 Å². The molecule has 1 aliphatic heterocycles. The molecule has 1 aromatic carbocycles. The molecule has 1 heterocycles. The SMILES string of the molecule is CN=C(NCCNC(=O)c1ccc(C)c(F)c1)NCCN1C(=O)C2C3C=CC(C3)C2C1=O.I. The molecule has 0 aromatic heterocycles. The molecule has 1 saturated heterocycles. The van der Waals surface area contributed by atoms with Crippen molar-refractivity contribution < 1.29 is 18.8 Å². The van der Waals surface area contributed by atoms with Crippen LogP contribution < -0.4 is 16.0 Å². The first-order valence-electron chi connectivity index (χ1n) is 10.9. The number of likely N-dealkylation sites (tertiary alicyclic amines) is 1. The minimum Gasteiger partial charge on any atom is -0.355 e. The number of carbonyl (C=O) groups excluding carboxylic acids is 3. The van der Waals surface area contributed by atoms with Gasteiger partial charge in [0.1, 0.15) is 5.82 Å². The number of carbonyl (C=O) groups is 3. The smallest absolute Gasteiger partial charge is 0.251 e. The van der Waals surface area contributed by atoms with E-state index >= 15 is 0 Å². The summed E-state index contributed by atoms with van der Waals surface area (Å²) in [7, 11) is 1.61. The van der Waals surface area contributed by atoms with Gasteiger partial charge in [-0.1, -0.05) is 18.2 Å². The van der Waals surface area contributed by atoms with Crippen molar-refractivity contribution in [1.82, 2.24) is 20.9 Å². The summed E-state index contributed by atoms with van der Waals surface area (Å²) in [5.41, 5.74) is 0.756. The second-order valence-electron chi connectivity index (χ2n) is 8.47. The summed E-state index contributed by atoms with van der Waals surface area (Å²) in [6.45, 7) is 3.04. The largest absolute Gasteiger partial charge is 0.355 e. The standard InChI is InChI=1S/C23H28FN5O3.HI/c1-13-3-4-16(12-17(13)24)20(30)26-7-8-27-23(25-2)28-9-10-29-21(31)18-14-5-6-15(11-14)19(18)22(29)32;/h3-6,12,14-15,18-19H,7-11H2,1-2H3,(H,26,30)(H2,25,27,28);1H. The quantitative estimate of drug-likeness (QED) is 0.115. The first kappa shape index (κ1) is 25.1. The second kappa shape index (κ2) is 10.6. The Morgan fingerprint density at radius 2 is 1.67 bits per heavy atom. The van der Waals surface area contributed by atoms with Gasteiger partial charge in [0.15, 0.2) is 5.96 Å². The number of halogens is 2. The number of fused-ring (bicyclic) bond motifs is 5. The third-order valence-electron chi connectivity index (χ3n) is 6.55. The van der Waals surface area contributed by atoms with E-state index in [2.05, 4.69) is 33.1 Å². The maximum Gasteiger partial charge on any atom is 0.251 e. The van der Waals surface area contributed by atoms with Crippen molar-refractivity contribution in [2.75, 3.05) is 33.2 Å². The van der Waals surface area contributed by atoms with E-state index in [9.17, 15) is 18.8 Å². The first-order chi connectivity index (χ1) is 15.4. The van der Waals surface area contributed by atoms with E-state index in [0.717, 1.165) is 6.42 Å². The molecule has 0 radical (unpaired) electrons. The number of nitrogens with zero attached hydrogens (tertiary/aromatic N) is 2. The van der Waals surface area contributed by atoms with Crippen molar-refractivity contribution in [3.8, 4) is 0 Å². The van der Waals surface area contributed by atoms with Crippen molar-refractivity contribution in [2.24, 2.45) is 28.7 Å². The summed E-state index contributed by atoms with van der Waals surface area (Å²) in [5, 5.41) is 8.87. The highest BCUT2D eigenvalue weighted by atomic mass is 127. The number of aliphatic imine (C=N–C) groups is 1. The van der Waals surface area contributed by atoms with Crippen molar-refractivity contribution in [2.45, 2.75) is 13.3 Å². The zero-order valence-corrected chi connectivity index (χ0v) is 21.0. The van der Waals surface area contributed by atoms with Crippen LogP contribution in [0.25, 0.3) is 0 Å². The highest BCUT2D eigenvalue weighted by Crippen LogP contribution is 2.52. The van der Waals surface area contributed by atoms with E-state index in [1.807, 2.05) is 0 Å². The summed E-state index contributed by atoms with van der Waals surface area (Å²) in [5.74, 6) is -0.325. The molecule has 4 rings (SSSR count). The molecular formula is C23H29FIN5O3. The molecule has 178 valence electrons. The molecule has 2 fully saturated rings. The molecule has 3 aliphatic rings. The van der Waals surface area contributed by atoms with Gasteiger partial charge in [0.05, 0.1) is 11.8 Å². The van der Waals surface area contributed by atoms with E-state index in [1.165, 1.54) is 11.0 Å². The van der Waals surface area contributed by atoms with Gasteiger partial charge in [-0.05, 0) is 42.9 Å². The molecule has 4 unspecified atom stereocenters. The van der Waals surface area contributed by atoms with Crippen LogP contribution in [0.4, 0.5) is 4.39 Å². The van der Waals surface area contributed by atoms with Crippen LogP contribution in [0.3, 0.4) is 0 Å². The van der Waals surface area contributed by atoms with Crippen LogP contribution in [-0.2, 0) is 9.59 Å². The Hall–Kier alpha value is -2.50. The fraction of sp³-hybridized carbons (Fsp3) is 0.478. The molecule has 33 heavy (non-hydrogen) atoms. The van der Waals surface area contributed by atoms with Crippen LogP contribution in [0.15, 0.2) is 35.3 Å². The number of rotatable bonds is 7. The number of allylic oxidation sites excluding steroid dienone is 2. The average Bonchev–Trinajstić information content (AvgIpc) is 3.46. The van der Waals surface area contributed by atoms with E-state index in [1.54, 1.807) is 26.1 Å². The molecule has 1 saturated carbocycles. The molecule has 4 atom stereocenters. The normalized spacial score (nSPS) is 25.2. The Bertz CT molecular complexity index is 968. The molecule has 3 amide bonds. The lowest BCUT2D eigenvalue weighted by Crippen LogP contribution is -2.45. The highest BCUT2D eigenvalue weighted by molar-refractivity contribution is 14.0. The maximum absolute atomic E-state index is 13.6. The molecule has 0 spiro atoms. The van der Waals surface area contributed by atoms with E-state index in [0.29, 0.717) is 37.7 Å². The van der Waals surface area contributed by atoms with Gasteiger partial charge < -0.3 is 16.0 Å². The predicted molar refractivity (Wildman–Crippen MR) is 133 cm³/mol. The molecule has 1 aromatic rings. The van der Waals surface area contributed by atoms with Gasteiger partial charge in [-0.3, -0.25) is 24.3 Å². The molecule has 10 heteroatoms. The van der Waals surface area contributed by atoms with Crippen LogP contribution in [0.5, 0.6) is 0 Å². The summed E-state index contributed by atoms with van der Waals surface area (Å²) in [6.07, 6.45) is 5.09. The summed E-state index contributed by atoms with van der Waals surface area (Å²) >= 11 is 0. The lowest BCUT2D eigenvalue weighted by atomic mass is 9.85. The Labute approximate surface area is 209 Å². The van der Waals surface area contributed by atoms with Crippen molar-refractivity contribution in [3.05, 3.63) is 47.3 Å². The Morgan fingerprint density at radius 3 is 2.27 bits per heavy atom. The molecular weight excluding hydrogens is 540 g/mol. The minimum atomic E-state index is -0.414. The summed E-state index contributed by atoms with van der Waals surface area (Å²) < 4.78 is 13.6. The van der Waals surface area contributed by atoms with Crippen LogP contribution in [0.1, 0.15) is 22.3 Å². The molecule has 2 aliphatic carbocycles. The average molecular weight is 569 g/mol. The maximum atomic E-state index is 13.6. The van der Waals surface area contributed by atoms with Gasteiger partial charge in [0.2, 0.25) is 11.8 Å². The molecule has 3 N–H and O–H groups in total. The van der Waals surface area contributed by atoms with Crippen LogP contribution in [0.2, 0.25) is 0 Å². The van der Waals surface area contributed by atoms with Gasteiger partial charge >= 0.3 is 0 Å². The number of hydrogen-bond donors (Lipinski definition) is 3. The van der Waals surface area contributed by atoms with E-state index in [4.69, 9.17) is 0 Å². The molecule has 2 bridgehead atoms. The van der Waals surface area contributed by atoms with Gasteiger partial charge in [-0.2, -0.15) is 0 Å². The zero-order chi connectivity index (χ0) is 22.8.